The van der Waals surface area contributed by atoms with Crippen molar-refractivity contribution in [2.24, 2.45) is 0 Å². The van der Waals surface area contributed by atoms with Crippen LogP contribution in [0.2, 0.25) is 0 Å². The van der Waals surface area contributed by atoms with Gasteiger partial charge in [0.05, 0.1) is 0 Å². The number of carbonyl (C=O) groups is 2. The lowest BCUT2D eigenvalue weighted by atomic mass is 10.1. The molecule has 1 saturated heterocycles. The van der Waals surface area contributed by atoms with Crippen LogP contribution in [0.4, 0.5) is 4.39 Å². The third kappa shape index (κ3) is 5.72. The maximum atomic E-state index is 13.0. The van der Waals surface area contributed by atoms with Crippen molar-refractivity contribution in [3.8, 4) is 5.75 Å². The highest BCUT2D eigenvalue weighted by Gasteiger charge is 2.20. The van der Waals surface area contributed by atoms with Gasteiger partial charge in [-0.2, -0.15) is 0 Å². The number of nitrogens with one attached hydrogen (secondary N) is 1. The van der Waals surface area contributed by atoms with Crippen LogP contribution in [-0.2, 0) is 24.5 Å². The lowest BCUT2D eigenvalue weighted by Crippen LogP contribution is -2.24. The summed E-state index contributed by atoms with van der Waals surface area (Å²) >= 11 is 0. The summed E-state index contributed by atoms with van der Waals surface area (Å²) in [7, 11) is 0. The van der Waals surface area contributed by atoms with E-state index in [4.69, 9.17) is 4.74 Å². The zero-order chi connectivity index (χ0) is 22.3. The molecule has 0 aliphatic carbocycles. The Kier molecular flexibility index (Phi) is 6.80. The highest BCUT2D eigenvalue weighted by atomic mass is 19.1. The van der Waals surface area contributed by atoms with E-state index in [1.54, 1.807) is 24.3 Å². The number of likely N-dealkylation sites (tertiary alicyclic amines) is 1. The van der Waals surface area contributed by atoms with Crippen LogP contribution in [0.15, 0.2) is 72.8 Å². The molecule has 164 valence electrons. The molecule has 6 heteroatoms. The van der Waals surface area contributed by atoms with Gasteiger partial charge in [0.1, 0.15) is 18.2 Å². The highest BCUT2D eigenvalue weighted by Crippen LogP contribution is 2.16. The minimum absolute atomic E-state index is 0.148. The molecule has 1 heterocycles. The normalized spacial score (nSPS) is 13.3. The van der Waals surface area contributed by atoms with Crippen molar-refractivity contribution in [1.29, 1.82) is 0 Å². The van der Waals surface area contributed by atoms with Gasteiger partial charge in [-0.25, -0.2) is 4.39 Å². The first-order chi connectivity index (χ1) is 15.6. The minimum atomic E-state index is -0.269. The van der Waals surface area contributed by atoms with Gasteiger partial charge in [-0.15, -0.1) is 0 Å². The summed E-state index contributed by atoms with van der Waals surface area (Å²) in [5, 5.41) is 2.92. The number of nitrogens with zero attached hydrogens (tertiary/aromatic N) is 1. The quantitative estimate of drug-likeness (QED) is 0.572. The molecule has 2 amide bonds. The number of hydrogen-bond acceptors (Lipinski definition) is 3. The van der Waals surface area contributed by atoms with E-state index in [1.807, 2.05) is 41.3 Å². The molecule has 3 aromatic rings. The number of amides is 2. The van der Waals surface area contributed by atoms with Crippen molar-refractivity contribution in [2.45, 2.75) is 32.5 Å². The maximum Gasteiger partial charge on any atom is 0.251 e. The summed E-state index contributed by atoms with van der Waals surface area (Å²) in [4.78, 5) is 26.0. The summed E-state index contributed by atoms with van der Waals surface area (Å²) in [6.45, 7) is 2.16. The lowest BCUT2D eigenvalue weighted by molar-refractivity contribution is -0.128. The van der Waals surface area contributed by atoms with Gasteiger partial charge in [-0.05, 0) is 59.5 Å². The van der Waals surface area contributed by atoms with E-state index in [0.29, 0.717) is 37.4 Å². The van der Waals surface area contributed by atoms with Crippen molar-refractivity contribution in [3.05, 3.63) is 101 Å². The molecule has 32 heavy (non-hydrogen) atoms. The smallest absolute Gasteiger partial charge is 0.251 e. The number of ether oxygens (including phenoxy) is 1. The number of carbonyl (C=O) groups excluding carboxylic acids is 2. The van der Waals surface area contributed by atoms with Crippen LogP contribution in [0.25, 0.3) is 0 Å². The first-order valence-corrected chi connectivity index (χ1v) is 10.7. The second-order valence-electron chi connectivity index (χ2n) is 7.86. The van der Waals surface area contributed by atoms with Gasteiger partial charge in [0, 0.05) is 31.6 Å². The van der Waals surface area contributed by atoms with E-state index < -0.39 is 0 Å². The molecule has 5 nitrogen and oxygen atoms in total. The SMILES string of the molecule is O=C(NCc1ccc(OCc2ccc(F)cc2)cc1)c1ccc(CN2CCCC2=O)cc1. The molecule has 0 atom stereocenters. The van der Waals surface area contributed by atoms with E-state index >= 15 is 0 Å². The van der Waals surface area contributed by atoms with E-state index in [9.17, 15) is 14.0 Å². The molecule has 0 spiro atoms. The first-order valence-electron chi connectivity index (χ1n) is 10.7. The Morgan fingerprint density at radius 2 is 1.56 bits per heavy atom. The second kappa shape index (κ2) is 10.1. The molecular weight excluding hydrogens is 407 g/mol. The average Bonchev–Trinajstić information content (AvgIpc) is 3.22. The van der Waals surface area contributed by atoms with E-state index in [2.05, 4.69) is 5.32 Å². The monoisotopic (exact) mass is 432 g/mol. The molecule has 4 rings (SSSR count). The minimum Gasteiger partial charge on any atom is -0.489 e. The van der Waals surface area contributed by atoms with Crippen LogP contribution in [-0.4, -0.2) is 23.3 Å². The van der Waals surface area contributed by atoms with Crippen LogP contribution >= 0.6 is 0 Å². The molecular formula is C26H25FN2O3. The predicted octanol–water partition coefficient (Wildman–Crippen LogP) is 4.46. The Hall–Kier alpha value is -3.67. The highest BCUT2D eigenvalue weighted by molar-refractivity contribution is 5.94. The standard InChI is InChI=1S/C26H25FN2O3/c27-23-11-5-21(6-12-23)18-32-24-13-7-19(8-14-24)16-28-26(31)22-9-3-20(4-10-22)17-29-15-1-2-25(29)30/h3-14H,1-2,15-18H2,(H,28,31). The molecule has 0 radical (unpaired) electrons. The van der Waals surface area contributed by atoms with Crippen LogP contribution in [0, 0.1) is 5.82 Å². The molecule has 0 saturated carbocycles. The number of benzene rings is 3. The van der Waals surface area contributed by atoms with Gasteiger partial charge in [-0.3, -0.25) is 9.59 Å². The molecule has 1 aliphatic rings. The fourth-order valence-corrected chi connectivity index (χ4v) is 3.59. The number of hydrogen-bond donors (Lipinski definition) is 1. The molecule has 3 aromatic carbocycles. The Labute approximate surface area is 186 Å². The van der Waals surface area contributed by atoms with Crippen molar-refractivity contribution < 1.29 is 18.7 Å². The van der Waals surface area contributed by atoms with Gasteiger partial charge >= 0.3 is 0 Å². The Balaban J connectivity index is 1.24. The van der Waals surface area contributed by atoms with E-state index in [1.165, 1.54) is 12.1 Å². The molecule has 1 N–H and O–H groups in total. The Morgan fingerprint density at radius 3 is 2.22 bits per heavy atom. The van der Waals surface area contributed by atoms with Gasteiger partial charge < -0.3 is 15.0 Å². The maximum absolute atomic E-state index is 13.0. The average molecular weight is 432 g/mol. The van der Waals surface area contributed by atoms with Crippen LogP contribution in [0.3, 0.4) is 0 Å². The van der Waals surface area contributed by atoms with Gasteiger partial charge in [-0.1, -0.05) is 36.4 Å². The van der Waals surface area contributed by atoms with Crippen molar-refractivity contribution in [1.82, 2.24) is 10.2 Å². The molecule has 0 unspecified atom stereocenters. The number of rotatable bonds is 8. The third-order valence-corrected chi connectivity index (χ3v) is 5.46. The van der Waals surface area contributed by atoms with E-state index in [-0.39, 0.29) is 17.6 Å². The summed E-state index contributed by atoms with van der Waals surface area (Å²) in [5.74, 6) is 0.482. The van der Waals surface area contributed by atoms with Crippen molar-refractivity contribution >= 4 is 11.8 Å². The summed E-state index contributed by atoms with van der Waals surface area (Å²) in [6, 6.07) is 21.1. The van der Waals surface area contributed by atoms with E-state index in [0.717, 1.165) is 29.7 Å². The number of halogens is 1. The molecule has 0 aromatic heterocycles. The fourth-order valence-electron chi connectivity index (χ4n) is 3.59. The largest absolute Gasteiger partial charge is 0.489 e. The second-order valence-corrected chi connectivity index (χ2v) is 7.86. The van der Waals surface area contributed by atoms with Gasteiger partial charge in [0.15, 0.2) is 0 Å². The summed E-state index contributed by atoms with van der Waals surface area (Å²) < 4.78 is 18.7. The van der Waals surface area contributed by atoms with Crippen LogP contribution < -0.4 is 10.1 Å². The molecule has 1 aliphatic heterocycles. The Bertz CT molecular complexity index is 1060. The first kappa shape index (κ1) is 21.6. The molecule has 1 fully saturated rings. The zero-order valence-electron chi connectivity index (χ0n) is 17.7. The van der Waals surface area contributed by atoms with Crippen LogP contribution in [0.1, 0.15) is 39.9 Å². The summed E-state index contributed by atoms with van der Waals surface area (Å²) in [6.07, 6.45) is 1.54. The van der Waals surface area contributed by atoms with Crippen molar-refractivity contribution in [3.63, 3.8) is 0 Å². The topological polar surface area (TPSA) is 58.6 Å². The Morgan fingerprint density at radius 1 is 0.906 bits per heavy atom. The zero-order valence-corrected chi connectivity index (χ0v) is 17.7. The molecule has 0 bridgehead atoms. The fraction of sp³-hybridized carbons (Fsp3) is 0.231. The van der Waals surface area contributed by atoms with Crippen molar-refractivity contribution in [2.75, 3.05) is 6.54 Å². The predicted molar refractivity (Wildman–Crippen MR) is 119 cm³/mol. The lowest BCUT2D eigenvalue weighted by Gasteiger charge is -2.15. The van der Waals surface area contributed by atoms with Gasteiger partial charge in [0.25, 0.3) is 5.91 Å². The van der Waals surface area contributed by atoms with Gasteiger partial charge in [0.2, 0.25) is 5.91 Å². The van der Waals surface area contributed by atoms with Crippen LogP contribution in [0.5, 0.6) is 5.75 Å². The summed E-state index contributed by atoms with van der Waals surface area (Å²) in [5.41, 5.74) is 3.45. The third-order valence-electron chi connectivity index (χ3n) is 5.46.